The van der Waals surface area contributed by atoms with Gasteiger partial charge in [0, 0.05) is 27.1 Å². The lowest BCUT2D eigenvalue weighted by Crippen LogP contribution is -1.80. The van der Waals surface area contributed by atoms with Crippen LogP contribution in [0.1, 0.15) is 0 Å². The Morgan fingerprint density at radius 2 is 1.55 bits per heavy atom. The van der Waals surface area contributed by atoms with Crippen LogP contribution in [0.25, 0.3) is 44.8 Å². The molecule has 0 unspecified atom stereocenters. The second kappa shape index (κ2) is 4.21. The first-order chi connectivity index (χ1) is 10.8. The minimum absolute atomic E-state index is 0.633. The summed E-state index contributed by atoms with van der Waals surface area (Å²) in [6.45, 7) is 0. The largest absolute Gasteiger partial charge is 0.435 e. The first kappa shape index (κ1) is 12.0. The molecule has 1 aliphatic carbocycles. The third-order valence-corrected chi connectivity index (χ3v) is 4.37. The zero-order chi connectivity index (χ0) is 14.7. The minimum Gasteiger partial charge on any atom is -0.435 e. The van der Waals surface area contributed by atoms with Crippen molar-refractivity contribution in [2.75, 3.05) is 0 Å². The van der Waals surface area contributed by atoms with E-state index in [0.717, 1.165) is 28.1 Å². The number of halogens is 1. The Kier molecular flexibility index (Phi) is 2.30. The van der Waals surface area contributed by atoms with Crippen LogP contribution < -0.4 is 0 Å². The lowest BCUT2D eigenvalue weighted by Gasteiger charge is -2.01. The van der Waals surface area contributed by atoms with Gasteiger partial charge in [-0.25, -0.2) is 4.98 Å². The first-order valence-corrected chi connectivity index (χ1v) is 7.48. The number of fused-ring (bicyclic) bond motifs is 3. The molecule has 3 heteroatoms. The van der Waals surface area contributed by atoms with Crippen molar-refractivity contribution in [2.45, 2.75) is 0 Å². The van der Waals surface area contributed by atoms with E-state index in [9.17, 15) is 0 Å². The van der Waals surface area contributed by atoms with Gasteiger partial charge in [0.15, 0.2) is 5.76 Å². The maximum Gasteiger partial charge on any atom is 0.227 e. The number of oxazole rings is 1. The van der Waals surface area contributed by atoms with E-state index in [1.165, 1.54) is 10.8 Å². The summed E-state index contributed by atoms with van der Waals surface area (Å²) in [6.07, 6.45) is 0. The molecule has 2 nitrogen and oxygen atoms in total. The molecule has 104 valence electrons. The second-order valence-electron chi connectivity index (χ2n) is 5.41. The molecule has 0 fully saturated rings. The van der Waals surface area contributed by atoms with Crippen molar-refractivity contribution < 1.29 is 4.42 Å². The third kappa shape index (κ3) is 1.53. The standard InChI is InChI=1S/C19H10ClNO/c20-13-9-7-12(8-10-13)19-21-17-14-5-1-3-11-4-2-6-15(16(11)14)18(17)22-19/h1-10H. The van der Waals surface area contributed by atoms with Gasteiger partial charge in [-0.05, 0) is 29.7 Å². The van der Waals surface area contributed by atoms with Gasteiger partial charge in [0.25, 0.3) is 0 Å². The van der Waals surface area contributed by atoms with Crippen molar-refractivity contribution in [3.8, 4) is 34.0 Å². The molecule has 0 radical (unpaired) electrons. The fourth-order valence-corrected chi connectivity index (χ4v) is 3.25. The number of aromatic nitrogens is 1. The van der Waals surface area contributed by atoms with E-state index in [2.05, 4.69) is 36.4 Å². The molecule has 1 aliphatic rings. The van der Waals surface area contributed by atoms with E-state index in [0.29, 0.717) is 10.9 Å². The molecule has 0 saturated heterocycles. The Morgan fingerprint density at radius 1 is 0.818 bits per heavy atom. The summed E-state index contributed by atoms with van der Waals surface area (Å²) in [5, 5.41) is 3.16. The molecule has 3 aromatic carbocycles. The van der Waals surface area contributed by atoms with Gasteiger partial charge in [-0.1, -0.05) is 48.0 Å². The predicted molar refractivity (Wildman–Crippen MR) is 88.9 cm³/mol. The average Bonchev–Trinajstić information content (AvgIpc) is 3.10. The number of benzene rings is 3. The van der Waals surface area contributed by atoms with E-state index < -0.39 is 0 Å². The summed E-state index contributed by atoms with van der Waals surface area (Å²) in [6, 6.07) is 20.1. The molecule has 22 heavy (non-hydrogen) atoms. The van der Waals surface area contributed by atoms with Crippen molar-refractivity contribution in [2.24, 2.45) is 0 Å². The molecule has 5 rings (SSSR count). The SMILES string of the molecule is Clc1ccc(-c2nc3c(o2)-c2cccc4cccc-3c24)cc1. The summed E-state index contributed by atoms with van der Waals surface area (Å²) in [7, 11) is 0. The third-order valence-electron chi connectivity index (χ3n) is 4.12. The van der Waals surface area contributed by atoms with Crippen molar-refractivity contribution >= 4 is 22.4 Å². The zero-order valence-electron chi connectivity index (χ0n) is 11.5. The molecule has 4 aromatic rings. The van der Waals surface area contributed by atoms with Crippen LogP contribution in [0.3, 0.4) is 0 Å². The monoisotopic (exact) mass is 303 g/mol. The van der Waals surface area contributed by atoms with Gasteiger partial charge in [0.1, 0.15) is 5.69 Å². The summed E-state index contributed by atoms with van der Waals surface area (Å²) >= 11 is 5.94. The van der Waals surface area contributed by atoms with Crippen LogP contribution in [0, 0.1) is 0 Å². The maximum atomic E-state index is 6.07. The van der Waals surface area contributed by atoms with Crippen molar-refractivity contribution in [1.29, 1.82) is 0 Å². The molecule has 1 heterocycles. The van der Waals surface area contributed by atoms with Crippen LogP contribution in [0.2, 0.25) is 5.02 Å². The first-order valence-electron chi connectivity index (χ1n) is 7.10. The molecular formula is C19H10ClNO. The lowest BCUT2D eigenvalue weighted by atomic mass is 10.0. The van der Waals surface area contributed by atoms with Crippen LogP contribution in [-0.4, -0.2) is 4.98 Å². The highest BCUT2D eigenvalue weighted by atomic mass is 35.5. The smallest absolute Gasteiger partial charge is 0.227 e. The lowest BCUT2D eigenvalue weighted by molar-refractivity contribution is 0.590. The highest BCUT2D eigenvalue weighted by Gasteiger charge is 2.27. The summed E-state index contributed by atoms with van der Waals surface area (Å²) in [5.41, 5.74) is 4.13. The van der Waals surface area contributed by atoms with E-state index in [-0.39, 0.29) is 0 Å². The van der Waals surface area contributed by atoms with Crippen molar-refractivity contribution in [1.82, 2.24) is 4.98 Å². The number of nitrogens with zero attached hydrogens (tertiary/aromatic N) is 1. The normalized spacial score (nSPS) is 11.9. The van der Waals surface area contributed by atoms with Crippen LogP contribution in [-0.2, 0) is 0 Å². The van der Waals surface area contributed by atoms with Gasteiger partial charge in [0.05, 0.1) is 0 Å². The van der Waals surface area contributed by atoms with E-state index >= 15 is 0 Å². The Labute approximate surface area is 132 Å². The molecule has 0 spiro atoms. The highest BCUT2D eigenvalue weighted by Crippen LogP contribution is 2.48. The Balaban J connectivity index is 1.77. The molecule has 1 aromatic heterocycles. The van der Waals surface area contributed by atoms with E-state index in [1.54, 1.807) is 0 Å². The summed E-state index contributed by atoms with van der Waals surface area (Å²) in [4.78, 5) is 4.72. The van der Waals surface area contributed by atoms with Gasteiger partial charge >= 0.3 is 0 Å². The topological polar surface area (TPSA) is 26.0 Å². The van der Waals surface area contributed by atoms with Gasteiger partial charge in [0.2, 0.25) is 5.89 Å². The quantitative estimate of drug-likeness (QED) is 0.391. The molecule has 0 atom stereocenters. The molecule has 0 N–H and O–H groups in total. The predicted octanol–water partition coefficient (Wildman–Crippen LogP) is 5.80. The number of hydrogen-bond donors (Lipinski definition) is 0. The summed E-state index contributed by atoms with van der Waals surface area (Å²) < 4.78 is 6.07. The molecule has 0 saturated carbocycles. The van der Waals surface area contributed by atoms with Crippen LogP contribution in [0.5, 0.6) is 0 Å². The Bertz CT molecular complexity index is 975. The fraction of sp³-hybridized carbons (Fsp3) is 0. The minimum atomic E-state index is 0.633. The zero-order valence-corrected chi connectivity index (χ0v) is 12.3. The van der Waals surface area contributed by atoms with Gasteiger partial charge in [-0.2, -0.15) is 0 Å². The second-order valence-corrected chi connectivity index (χ2v) is 5.85. The molecule has 0 aliphatic heterocycles. The van der Waals surface area contributed by atoms with Crippen LogP contribution >= 0.6 is 11.6 Å². The maximum absolute atomic E-state index is 6.07. The van der Waals surface area contributed by atoms with E-state index in [1.807, 2.05) is 24.3 Å². The van der Waals surface area contributed by atoms with Gasteiger partial charge < -0.3 is 4.42 Å². The molecule has 0 bridgehead atoms. The van der Waals surface area contributed by atoms with Crippen LogP contribution in [0.4, 0.5) is 0 Å². The molecular weight excluding hydrogens is 294 g/mol. The van der Waals surface area contributed by atoms with Crippen molar-refractivity contribution in [3.63, 3.8) is 0 Å². The Morgan fingerprint density at radius 3 is 2.32 bits per heavy atom. The fourth-order valence-electron chi connectivity index (χ4n) is 3.13. The van der Waals surface area contributed by atoms with Gasteiger partial charge in [-0.15, -0.1) is 0 Å². The Hall–Kier alpha value is -2.58. The number of rotatable bonds is 1. The van der Waals surface area contributed by atoms with Crippen molar-refractivity contribution in [3.05, 3.63) is 65.7 Å². The van der Waals surface area contributed by atoms with E-state index in [4.69, 9.17) is 21.0 Å². The highest BCUT2D eigenvalue weighted by molar-refractivity contribution is 6.30. The van der Waals surface area contributed by atoms with Gasteiger partial charge in [-0.3, -0.25) is 0 Å². The number of hydrogen-bond acceptors (Lipinski definition) is 2. The summed E-state index contributed by atoms with van der Waals surface area (Å²) in [5.74, 6) is 1.49. The molecule has 0 amide bonds. The average molecular weight is 304 g/mol. The van der Waals surface area contributed by atoms with Crippen LogP contribution in [0.15, 0.2) is 65.1 Å².